The van der Waals surface area contributed by atoms with Crippen molar-refractivity contribution in [2.24, 2.45) is 5.92 Å². The lowest BCUT2D eigenvalue weighted by molar-refractivity contribution is -0.143. The van der Waals surface area contributed by atoms with Gasteiger partial charge in [-0.25, -0.2) is 4.79 Å². The van der Waals surface area contributed by atoms with Gasteiger partial charge in [0.25, 0.3) is 0 Å². The number of benzene rings is 1. The number of nitrogens with zero attached hydrogens (tertiary/aromatic N) is 3. The molecule has 0 aliphatic carbocycles. The first-order valence-corrected chi connectivity index (χ1v) is 13.0. The smallest absolute Gasteiger partial charge is 0.378 e. The van der Waals surface area contributed by atoms with Crippen molar-refractivity contribution in [3.63, 3.8) is 0 Å². The molecular formula is C28H32F3N5O3. The number of aryl methyl sites for hydroxylation is 1. The molecule has 3 aliphatic heterocycles. The Morgan fingerprint density at radius 2 is 1.95 bits per heavy atom. The van der Waals surface area contributed by atoms with Crippen LogP contribution >= 0.6 is 0 Å². The van der Waals surface area contributed by atoms with Crippen molar-refractivity contribution >= 4 is 17.3 Å². The Morgan fingerprint density at radius 3 is 2.67 bits per heavy atom. The highest BCUT2D eigenvalue weighted by atomic mass is 19.4. The zero-order valence-electron chi connectivity index (χ0n) is 21.7. The number of aliphatic hydroxyl groups is 1. The van der Waals surface area contributed by atoms with E-state index in [2.05, 4.69) is 20.5 Å². The summed E-state index contributed by atoms with van der Waals surface area (Å²) in [5.74, 6) is 0.163. The predicted molar refractivity (Wildman–Crippen MR) is 140 cm³/mol. The molecule has 2 atom stereocenters. The molecule has 0 radical (unpaired) electrons. The minimum absolute atomic E-state index is 0.0749. The van der Waals surface area contributed by atoms with Gasteiger partial charge in [0.15, 0.2) is 5.72 Å². The Balaban J connectivity index is 1.41. The summed E-state index contributed by atoms with van der Waals surface area (Å²) in [5.41, 5.74) is 2.14. The Morgan fingerprint density at radius 1 is 1.21 bits per heavy atom. The number of dihydropyridines is 1. The number of alkyl halides is 3. The Bertz CT molecular complexity index is 1260. The first-order chi connectivity index (χ1) is 18.6. The van der Waals surface area contributed by atoms with Gasteiger partial charge in [-0.15, -0.1) is 0 Å². The highest BCUT2D eigenvalue weighted by molar-refractivity contribution is 5.91. The van der Waals surface area contributed by atoms with Gasteiger partial charge < -0.3 is 30.3 Å². The van der Waals surface area contributed by atoms with Crippen LogP contribution in [0, 0.1) is 12.8 Å². The maximum atomic E-state index is 12.9. The number of anilines is 1. The van der Waals surface area contributed by atoms with Crippen molar-refractivity contribution < 1.29 is 27.8 Å². The fourth-order valence-corrected chi connectivity index (χ4v) is 5.30. The van der Waals surface area contributed by atoms with E-state index in [0.29, 0.717) is 44.0 Å². The lowest BCUT2D eigenvalue weighted by Crippen LogP contribution is -2.49. The van der Waals surface area contributed by atoms with Crippen molar-refractivity contribution in [3.8, 4) is 0 Å². The normalized spacial score (nSPS) is 23.7. The summed E-state index contributed by atoms with van der Waals surface area (Å²) in [4.78, 5) is 20.5. The van der Waals surface area contributed by atoms with Gasteiger partial charge in [0.05, 0.1) is 13.2 Å². The van der Waals surface area contributed by atoms with E-state index < -0.39 is 30.3 Å². The van der Waals surface area contributed by atoms with Crippen LogP contribution in [0.1, 0.15) is 29.5 Å². The van der Waals surface area contributed by atoms with E-state index in [1.165, 1.54) is 4.90 Å². The first kappa shape index (κ1) is 27.0. The molecule has 2 saturated heterocycles. The standard InChI is InChI=1S/C28H32F3N5O3/c1-19-2-3-23(33-26(37)36-9-6-20(18-36)16-28(29,30)31)15-24(19)21-14-25(35-10-12-39-13-11-35)34-27(38,17-21)22-4-7-32-8-5-22/h2-5,7-8,14-15,17,20,34,38H,6,9-13,16,18H2,1H3,(H,33,37). The molecule has 2 unspecified atom stereocenters. The Kier molecular flexibility index (Phi) is 7.55. The number of hydrogen-bond donors (Lipinski definition) is 3. The van der Waals surface area contributed by atoms with Gasteiger partial charge in [-0.3, -0.25) is 4.98 Å². The summed E-state index contributed by atoms with van der Waals surface area (Å²) in [5, 5.41) is 17.9. The number of hydrogen-bond acceptors (Lipinski definition) is 6. The van der Waals surface area contributed by atoms with Crippen LogP contribution in [0.25, 0.3) is 5.57 Å². The molecule has 0 spiro atoms. The Hall–Kier alpha value is -3.57. The molecule has 2 amide bonds. The number of urea groups is 1. The molecule has 1 aromatic carbocycles. The number of carbonyl (C=O) groups is 1. The molecule has 208 valence electrons. The van der Waals surface area contributed by atoms with Crippen LogP contribution in [0.15, 0.2) is 60.7 Å². The number of pyridine rings is 1. The van der Waals surface area contributed by atoms with Crippen LogP contribution in [-0.2, 0) is 10.5 Å². The number of amides is 2. The second kappa shape index (κ2) is 10.9. The quantitative estimate of drug-likeness (QED) is 0.524. The third-order valence-electron chi connectivity index (χ3n) is 7.34. The Labute approximate surface area is 225 Å². The molecule has 0 saturated carbocycles. The average Bonchev–Trinajstić information content (AvgIpc) is 3.37. The molecule has 3 aliphatic rings. The van der Waals surface area contributed by atoms with Gasteiger partial charge in [0.2, 0.25) is 0 Å². The SMILES string of the molecule is Cc1ccc(NC(=O)N2CCC(CC(F)(F)F)C2)cc1C1=CC(O)(c2ccncc2)NC(N2CCOCC2)=C1. The second-order valence-corrected chi connectivity index (χ2v) is 10.2. The maximum absolute atomic E-state index is 12.9. The summed E-state index contributed by atoms with van der Waals surface area (Å²) in [6, 6.07) is 8.53. The van der Waals surface area contributed by atoms with E-state index >= 15 is 0 Å². The van der Waals surface area contributed by atoms with Gasteiger partial charge >= 0.3 is 12.2 Å². The van der Waals surface area contributed by atoms with E-state index in [9.17, 15) is 23.1 Å². The van der Waals surface area contributed by atoms with Crippen molar-refractivity contribution in [1.29, 1.82) is 0 Å². The third kappa shape index (κ3) is 6.36. The van der Waals surface area contributed by atoms with Gasteiger partial charge in [-0.05, 0) is 72.4 Å². The van der Waals surface area contributed by atoms with E-state index in [1.807, 2.05) is 25.1 Å². The zero-order valence-corrected chi connectivity index (χ0v) is 21.7. The summed E-state index contributed by atoms with van der Waals surface area (Å²) in [6.45, 7) is 4.79. The van der Waals surface area contributed by atoms with Crippen molar-refractivity contribution in [1.82, 2.24) is 20.1 Å². The van der Waals surface area contributed by atoms with Crippen LogP contribution in [-0.4, -0.2) is 71.5 Å². The minimum atomic E-state index is -4.24. The van der Waals surface area contributed by atoms with E-state index in [0.717, 1.165) is 22.5 Å². The molecule has 1 aromatic heterocycles. The van der Waals surface area contributed by atoms with Gasteiger partial charge in [-0.1, -0.05) is 6.07 Å². The number of likely N-dealkylation sites (tertiary alicyclic amines) is 1. The molecule has 11 heteroatoms. The highest BCUT2D eigenvalue weighted by Gasteiger charge is 2.37. The number of carbonyl (C=O) groups excluding carboxylic acids is 1. The molecule has 8 nitrogen and oxygen atoms in total. The summed E-state index contributed by atoms with van der Waals surface area (Å²) < 4.78 is 43.9. The van der Waals surface area contributed by atoms with Gasteiger partial charge in [0, 0.05) is 56.2 Å². The molecular weight excluding hydrogens is 511 g/mol. The molecule has 2 aromatic rings. The number of halogens is 3. The van der Waals surface area contributed by atoms with Crippen LogP contribution in [0.3, 0.4) is 0 Å². The maximum Gasteiger partial charge on any atom is 0.389 e. The summed E-state index contributed by atoms with van der Waals surface area (Å²) in [7, 11) is 0. The average molecular weight is 544 g/mol. The third-order valence-corrected chi connectivity index (χ3v) is 7.34. The van der Waals surface area contributed by atoms with Crippen LogP contribution in [0.5, 0.6) is 0 Å². The lowest BCUT2D eigenvalue weighted by Gasteiger charge is -2.39. The summed E-state index contributed by atoms with van der Waals surface area (Å²) in [6.07, 6.45) is 2.15. The molecule has 39 heavy (non-hydrogen) atoms. The first-order valence-electron chi connectivity index (χ1n) is 13.0. The van der Waals surface area contributed by atoms with Crippen molar-refractivity contribution in [2.45, 2.75) is 31.7 Å². The number of aromatic nitrogens is 1. The largest absolute Gasteiger partial charge is 0.389 e. The minimum Gasteiger partial charge on any atom is -0.378 e. The predicted octanol–water partition coefficient (Wildman–Crippen LogP) is 4.20. The van der Waals surface area contributed by atoms with Crippen molar-refractivity contribution in [2.75, 3.05) is 44.7 Å². The van der Waals surface area contributed by atoms with Crippen LogP contribution in [0.2, 0.25) is 0 Å². The number of rotatable bonds is 5. The molecule has 3 N–H and O–H groups in total. The van der Waals surface area contributed by atoms with E-state index in [-0.39, 0.29) is 13.1 Å². The number of morpholine rings is 1. The van der Waals surface area contributed by atoms with E-state index in [1.54, 1.807) is 36.7 Å². The topological polar surface area (TPSA) is 90.0 Å². The highest BCUT2D eigenvalue weighted by Crippen LogP contribution is 2.35. The van der Waals surface area contributed by atoms with E-state index in [4.69, 9.17) is 4.74 Å². The molecule has 5 rings (SSSR count). The number of ether oxygens (including phenoxy) is 1. The summed E-state index contributed by atoms with van der Waals surface area (Å²) >= 11 is 0. The monoisotopic (exact) mass is 543 g/mol. The molecule has 0 bridgehead atoms. The number of allylic oxidation sites excluding steroid dienone is 2. The lowest BCUT2D eigenvalue weighted by atomic mass is 9.91. The zero-order chi connectivity index (χ0) is 27.6. The second-order valence-electron chi connectivity index (χ2n) is 10.2. The fourth-order valence-electron chi connectivity index (χ4n) is 5.30. The van der Waals surface area contributed by atoms with Crippen molar-refractivity contribution in [3.05, 3.63) is 77.4 Å². The van der Waals surface area contributed by atoms with Crippen LogP contribution < -0.4 is 10.6 Å². The molecule has 2 fully saturated rings. The molecule has 4 heterocycles. The van der Waals surface area contributed by atoms with Gasteiger partial charge in [0.1, 0.15) is 5.82 Å². The van der Waals surface area contributed by atoms with Crippen LogP contribution in [0.4, 0.5) is 23.7 Å². The van der Waals surface area contributed by atoms with Gasteiger partial charge in [-0.2, -0.15) is 13.2 Å². The fraction of sp³-hybridized carbons (Fsp3) is 0.429. The number of nitrogens with one attached hydrogen (secondary N) is 2.